The van der Waals surface area contributed by atoms with Crippen LogP contribution in [0, 0.1) is 11.6 Å². The van der Waals surface area contributed by atoms with Crippen molar-refractivity contribution in [2.75, 3.05) is 13.7 Å². The molecule has 0 radical (unpaired) electrons. The Kier molecular flexibility index (Phi) is 6.04. The summed E-state index contributed by atoms with van der Waals surface area (Å²) in [5.41, 5.74) is -0.179. The normalized spacial score (nSPS) is 12.2. The van der Waals surface area contributed by atoms with Crippen molar-refractivity contribution in [3.05, 3.63) is 59.2 Å². The zero-order valence-electron chi connectivity index (χ0n) is 13.4. The van der Waals surface area contributed by atoms with Gasteiger partial charge < -0.3 is 4.74 Å². The van der Waals surface area contributed by atoms with Crippen LogP contribution in [0.4, 0.5) is 22.0 Å². The van der Waals surface area contributed by atoms with Crippen LogP contribution in [-0.4, -0.2) is 25.8 Å². The minimum atomic E-state index is -4.83. The lowest BCUT2D eigenvalue weighted by atomic mass is 9.95. The molecule has 0 fully saturated rings. The molecule has 0 saturated carbocycles. The van der Waals surface area contributed by atoms with Crippen molar-refractivity contribution in [3.63, 3.8) is 0 Å². The summed E-state index contributed by atoms with van der Waals surface area (Å²) in [5, 5.41) is 3.63. The lowest BCUT2D eigenvalue weighted by molar-refractivity contribution is -0.137. The maximum atomic E-state index is 14.0. The van der Waals surface area contributed by atoms with Gasteiger partial charge in [0.15, 0.2) is 11.6 Å². The molecule has 0 aromatic heterocycles. The average Bonchev–Trinajstić information content (AvgIpc) is 2.60. The Labute approximate surface area is 145 Å². The highest BCUT2D eigenvalue weighted by Crippen LogP contribution is 2.39. The van der Waals surface area contributed by atoms with Gasteiger partial charge in [-0.2, -0.15) is 18.3 Å². The second kappa shape index (κ2) is 8.05. The molecule has 0 saturated heterocycles. The van der Waals surface area contributed by atoms with Gasteiger partial charge in [-0.3, -0.25) is 4.79 Å². The zero-order valence-corrected chi connectivity index (χ0v) is 13.4. The Morgan fingerprint density at radius 2 is 1.92 bits per heavy atom. The highest BCUT2D eigenvalue weighted by molar-refractivity contribution is 6.02. The summed E-state index contributed by atoms with van der Waals surface area (Å²) in [5.74, 6) is -2.63. The van der Waals surface area contributed by atoms with E-state index in [2.05, 4.69) is 5.10 Å². The molecule has 0 bridgehead atoms. The first kappa shape index (κ1) is 19.5. The molecular weight excluding hydrogens is 359 g/mol. The second-order valence-corrected chi connectivity index (χ2v) is 5.10. The number of carbonyl (C=O) groups excluding carboxylic acids is 1. The maximum absolute atomic E-state index is 14.0. The number of rotatable bonds is 6. The fourth-order valence-corrected chi connectivity index (χ4v) is 2.33. The largest absolute Gasteiger partial charge is 0.417 e. The van der Waals surface area contributed by atoms with Gasteiger partial charge in [0.1, 0.15) is 0 Å². The number of halogens is 5. The number of amides is 1. The van der Waals surface area contributed by atoms with E-state index >= 15 is 0 Å². The van der Waals surface area contributed by atoms with Crippen molar-refractivity contribution in [2.24, 2.45) is 5.10 Å². The number of alkyl halides is 3. The van der Waals surface area contributed by atoms with Crippen LogP contribution in [0.5, 0.6) is 0 Å². The summed E-state index contributed by atoms with van der Waals surface area (Å²) >= 11 is 0. The molecule has 1 amide bonds. The third-order valence-electron chi connectivity index (χ3n) is 3.43. The highest BCUT2D eigenvalue weighted by atomic mass is 19.4. The van der Waals surface area contributed by atoms with E-state index < -0.39 is 34.5 Å². The molecule has 2 aromatic rings. The van der Waals surface area contributed by atoms with E-state index in [1.807, 2.05) is 5.43 Å². The Bertz CT molecular complexity index is 834. The van der Waals surface area contributed by atoms with E-state index in [-0.39, 0.29) is 24.3 Å². The number of nitrogens with zero attached hydrogens (tertiary/aromatic N) is 1. The molecular formula is C17H13F5N2O2. The number of benzene rings is 2. The van der Waals surface area contributed by atoms with Crippen molar-refractivity contribution in [1.29, 1.82) is 0 Å². The molecule has 0 unspecified atom stereocenters. The molecule has 0 heterocycles. The summed E-state index contributed by atoms with van der Waals surface area (Å²) in [4.78, 5) is 10.4. The van der Waals surface area contributed by atoms with Gasteiger partial charge in [0, 0.05) is 18.2 Å². The topological polar surface area (TPSA) is 50.7 Å². The minimum absolute atomic E-state index is 0.00841. The Morgan fingerprint density at radius 3 is 2.54 bits per heavy atom. The molecule has 2 aromatic carbocycles. The molecule has 26 heavy (non-hydrogen) atoms. The molecule has 0 aliphatic heterocycles. The van der Waals surface area contributed by atoms with E-state index in [0.29, 0.717) is 0 Å². The first-order valence-corrected chi connectivity index (χ1v) is 7.20. The quantitative estimate of drug-likeness (QED) is 0.363. The predicted molar refractivity (Wildman–Crippen MR) is 84.4 cm³/mol. The van der Waals surface area contributed by atoms with Gasteiger partial charge in [-0.25, -0.2) is 14.2 Å². The van der Waals surface area contributed by atoms with Crippen LogP contribution in [0.3, 0.4) is 0 Å². The SMILES string of the molecule is COC/C(=N\NC=O)c1ccc(-c2cccc(F)c2F)c(C(F)(F)F)c1. The standard InChI is InChI=1S/C17H13F5N2O2/c1-26-8-15(24-23-9-25)10-5-6-11(13(7-10)17(20,21)22)12-3-2-4-14(18)16(12)19/h2-7,9H,8H2,1H3,(H,23,25)/b24-15+. The minimum Gasteiger partial charge on any atom is -0.378 e. The van der Waals surface area contributed by atoms with E-state index in [1.54, 1.807) is 0 Å². The zero-order chi connectivity index (χ0) is 19.3. The highest BCUT2D eigenvalue weighted by Gasteiger charge is 2.35. The van der Waals surface area contributed by atoms with E-state index in [0.717, 1.165) is 30.3 Å². The van der Waals surface area contributed by atoms with Gasteiger partial charge in [-0.05, 0) is 17.7 Å². The number of methoxy groups -OCH3 is 1. The molecule has 9 heteroatoms. The lowest BCUT2D eigenvalue weighted by Gasteiger charge is -2.16. The van der Waals surface area contributed by atoms with Crippen LogP contribution in [0.2, 0.25) is 0 Å². The fourth-order valence-electron chi connectivity index (χ4n) is 2.33. The van der Waals surface area contributed by atoms with Gasteiger partial charge in [0.25, 0.3) is 0 Å². The average molecular weight is 372 g/mol. The Morgan fingerprint density at radius 1 is 1.19 bits per heavy atom. The van der Waals surface area contributed by atoms with Gasteiger partial charge in [-0.15, -0.1) is 0 Å². The maximum Gasteiger partial charge on any atom is 0.417 e. The van der Waals surface area contributed by atoms with Crippen LogP contribution in [0.1, 0.15) is 11.1 Å². The summed E-state index contributed by atoms with van der Waals surface area (Å²) < 4.78 is 72.7. The van der Waals surface area contributed by atoms with Crippen LogP contribution in [0.25, 0.3) is 11.1 Å². The number of nitrogens with one attached hydrogen (secondary N) is 1. The summed E-state index contributed by atoms with van der Waals surface area (Å²) in [6.45, 7) is -0.175. The van der Waals surface area contributed by atoms with Crippen LogP contribution >= 0.6 is 0 Å². The van der Waals surface area contributed by atoms with Crippen LogP contribution in [-0.2, 0) is 15.7 Å². The number of hydrazone groups is 1. The predicted octanol–water partition coefficient (Wildman–Crippen LogP) is 3.75. The third kappa shape index (κ3) is 4.23. The van der Waals surface area contributed by atoms with Gasteiger partial charge in [0.05, 0.1) is 17.9 Å². The summed E-state index contributed by atoms with van der Waals surface area (Å²) in [6, 6.07) is 5.99. The van der Waals surface area contributed by atoms with Crippen molar-refractivity contribution >= 4 is 12.1 Å². The summed E-state index contributed by atoms with van der Waals surface area (Å²) in [7, 11) is 1.30. The molecule has 0 aliphatic rings. The second-order valence-electron chi connectivity index (χ2n) is 5.10. The van der Waals surface area contributed by atoms with Crippen molar-refractivity contribution in [1.82, 2.24) is 5.43 Å². The molecule has 1 N–H and O–H groups in total. The lowest BCUT2D eigenvalue weighted by Crippen LogP contribution is -2.16. The van der Waals surface area contributed by atoms with Crippen molar-refractivity contribution < 1.29 is 31.5 Å². The number of hydrogen-bond acceptors (Lipinski definition) is 3. The first-order valence-electron chi connectivity index (χ1n) is 7.20. The summed E-state index contributed by atoms with van der Waals surface area (Å²) in [6.07, 6.45) is -4.59. The molecule has 138 valence electrons. The van der Waals surface area contributed by atoms with Crippen LogP contribution in [0.15, 0.2) is 41.5 Å². The number of carbonyl (C=O) groups is 1. The van der Waals surface area contributed by atoms with Gasteiger partial charge in [-0.1, -0.05) is 24.3 Å². The fraction of sp³-hybridized carbons (Fsp3) is 0.176. The molecule has 2 rings (SSSR count). The Balaban J connectivity index is 2.66. The van der Waals surface area contributed by atoms with E-state index in [4.69, 9.17) is 4.74 Å². The number of hydrogen-bond donors (Lipinski definition) is 1. The van der Waals surface area contributed by atoms with Crippen LogP contribution < -0.4 is 5.43 Å². The number of ether oxygens (including phenoxy) is 1. The first-order chi connectivity index (χ1) is 12.3. The molecule has 0 aliphatic carbocycles. The van der Waals surface area contributed by atoms with Crippen molar-refractivity contribution in [2.45, 2.75) is 6.18 Å². The third-order valence-corrected chi connectivity index (χ3v) is 3.43. The smallest absolute Gasteiger partial charge is 0.378 e. The van der Waals surface area contributed by atoms with Gasteiger partial charge >= 0.3 is 6.18 Å². The van der Waals surface area contributed by atoms with E-state index in [9.17, 15) is 26.7 Å². The molecule has 4 nitrogen and oxygen atoms in total. The van der Waals surface area contributed by atoms with E-state index in [1.165, 1.54) is 13.2 Å². The monoisotopic (exact) mass is 372 g/mol. The molecule has 0 atom stereocenters. The Hall–Kier alpha value is -2.81. The molecule has 0 spiro atoms. The van der Waals surface area contributed by atoms with Crippen molar-refractivity contribution in [3.8, 4) is 11.1 Å². The van der Waals surface area contributed by atoms with Gasteiger partial charge in [0.2, 0.25) is 6.41 Å².